The van der Waals surface area contributed by atoms with Gasteiger partial charge in [-0.2, -0.15) is 0 Å². The average Bonchev–Trinajstić information content (AvgIpc) is 2.72. The molecular formula is C24H39N3O2. The highest BCUT2D eigenvalue weighted by Gasteiger charge is 2.19. The Kier molecular flexibility index (Phi) is 10.2. The lowest BCUT2D eigenvalue weighted by atomic mass is 10.1. The van der Waals surface area contributed by atoms with Crippen LogP contribution in [0.4, 0.5) is 5.69 Å². The molecule has 1 heterocycles. The lowest BCUT2D eigenvalue weighted by Gasteiger charge is -2.28. The predicted octanol–water partition coefficient (Wildman–Crippen LogP) is 4.50. The van der Waals surface area contributed by atoms with Crippen LogP contribution in [0.2, 0.25) is 0 Å². The van der Waals surface area contributed by atoms with E-state index >= 15 is 0 Å². The molecule has 0 bridgehead atoms. The minimum Gasteiger partial charge on any atom is -0.352 e. The maximum Gasteiger partial charge on any atom is 0.234 e. The first kappa shape index (κ1) is 23.4. The van der Waals surface area contributed by atoms with Gasteiger partial charge >= 0.3 is 0 Å². The molecule has 1 aliphatic rings. The van der Waals surface area contributed by atoms with Crippen molar-refractivity contribution in [2.24, 2.45) is 0 Å². The third-order valence-electron chi connectivity index (χ3n) is 5.88. The number of nitrogens with zero attached hydrogens (tertiary/aromatic N) is 2. The van der Waals surface area contributed by atoms with E-state index in [1.807, 2.05) is 23.1 Å². The average molecular weight is 402 g/mol. The normalized spacial score (nSPS) is 17.0. The Morgan fingerprint density at radius 3 is 2.24 bits per heavy atom. The van der Waals surface area contributed by atoms with Crippen molar-refractivity contribution < 1.29 is 9.59 Å². The van der Waals surface area contributed by atoms with Crippen molar-refractivity contribution in [3.05, 3.63) is 29.8 Å². The molecule has 0 fully saturated rings. The van der Waals surface area contributed by atoms with Crippen LogP contribution < -0.4 is 10.2 Å². The summed E-state index contributed by atoms with van der Waals surface area (Å²) in [5.41, 5.74) is 2.11. The number of amides is 2. The molecule has 162 valence electrons. The summed E-state index contributed by atoms with van der Waals surface area (Å²) in [6.45, 7) is 8.64. The molecule has 5 nitrogen and oxygen atoms in total. The number of rotatable bonds is 5. The van der Waals surface area contributed by atoms with Gasteiger partial charge in [-0.15, -0.1) is 0 Å². The van der Waals surface area contributed by atoms with Gasteiger partial charge in [-0.3, -0.25) is 14.5 Å². The Morgan fingerprint density at radius 2 is 1.59 bits per heavy atom. The number of fused-ring (bicyclic) bond motifs is 1. The number of nitrogens with one attached hydrogen (secondary N) is 1. The molecule has 0 saturated heterocycles. The Bertz CT molecular complexity index is 643. The van der Waals surface area contributed by atoms with Gasteiger partial charge in [0.25, 0.3) is 0 Å². The van der Waals surface area contributed by atoms with Gasteiger partial charge in [-0.1, -0.05) is 57.7 Å². The lowest BCUT2D eigenvalue weighted by molar-refractivity contribution is -0.123. The fourth-order valence-electron chi connectivity index (χ4n) is 4.09. The molecule has 0 saturated carbocycles. The molecule has 0 aromatic heterocycles. The first-order valence-electron chi connectivity index (χ1n) is 11.4. The number of carbonyl (C=O) groups excluding carboxylic acids is 2. The smallest absolute Gasteiger partial charge is 0.234 e. The first-order valence-corrected chi connectivity index (χ1v) is 11.4. The van der Waals surface area contributed by atoms with Gasteiger partial charge in [0.15, 0.2) is 0 Å². The summed E-state index contributed by atoms with van der Waals surface area (Å²) in [5.74, 6) is 0.189. The zero-order valence-electron chi connectivity index (χ0n) is 18.6. The summed E-state index contributed by atoms with van der Waals surface area (Å²) in [5, 5.41) is 3.17. The molecule has 1 N–H and O–H groups in total. The Labute approximate surface area is 176 Å². The molecule has 1 aromatic carbocycles. The van der Waals surface area contributed by atoms with Crippen molar-refractivity contribution in [2.45, 2.75) is 84.7 Å². The van der Waals surface area contributed by atoms with Crippen LogP contribution in [0.25, 0.3) is 0 Å². The van der Waals surface area contributed by atoms with Gasteiger partial charge in [0.05, 0.1) is 6.54 Å². The Hall–Kier alpha value is -1.88. The Morgan fingerprint density at radius 1 is 0.966 bits per heavy atom. The predicted molar refractivity (Wildman–Crippen MR) is 120 cm³/mol. The van der Waals surface area contributed by atoms with E-state index in [0.29, 0.717) is 13.1 Å². The molecule has 2 amide bonds. The quantitative estimate of drug-likeness (QED) is 0.790. The molecule has 0 atom stereocenters. The van der Waals surface area contributed by atoms with Crippen molar-refractivity contribution in [1.29, 1.82) is 0 Å². The number of carbonyl (C=O) groups is 2. The van der Waals surface area contributed by atoms with Crippen LogP contribution in [-0.2, 0) is 16.1 Å². The number of benzene rings is 1. The second-order valence-electron chi connectivity index (χ2n) is 8.21. The number of para-hydroxylation sites is 1. The number of anilines is 1. The maximum absolute atomic E-state index is 12.6. The van der Waals surface area contributed by atoms with Crippen LogP contribution in [0.3, 0.4) is 0 Å². The van der Waals surface area contributed by atoms with Gasteiger partial charge in [-0.25, -0.2) is 0 Å². The monoisotopic (exact) mass is 401 g/mol. The second kappa shape index (κ2) is 12.6. The zero-order chi connectivity index (χ0) is 21.1. The van der Waals surface area contributed by atoms with Crippen molar-refractivity contribution in [3.8, 4) is 0 Å². The van der Waals surface area contributed by atoms with Crippen LogP contribution in [-0.4, -0.2) is 42.4 Å². The van der Waals surface area contributed by atoms with E-state index in [0.717, 1.165) is 56.4 Å². The molecule has 1 aliphatic heterocycles. The summed E-state index contributed by atoms with van der Waals surface area (Å²) >= 11 is 0. The van der Waals surface area contributed by atoms with E-state index in [-0.39, 0.29) is 17.9 Å². The van der Waals surface area contributed by atoms with Gasteiger partial charge in [0, 0.05) is 31.7 Å². The zero-order valence-corrected chi connectivity index (χ0v) is 18.6. The topological polar surface area (TPSA) is 52.7 Å². The Balaban J connectivity index is 2.20. The largest absolute Gasteiger partial charge is 0.352 e. The van der Waals surface area contributed by atoms with Gasteiger partial charge < -0.3 is 10.2 Å². The van der Waals surface area contributed by atoms with E-state index < -0.39 is 0 Å². The van der Waals surface area contributed by atoms with Crippen LogP contribution in [0.15, 0.2) is 24.3 Å². The first-order chi connectivity index (χ1) is 14.0. The number of hydrogen-bond acceptors (Lipinski definition) is 3. The molecule has 0 spiro atoms. The van der Waals surface area contributed by atoms with Crippen molar-refractivity contribution in [2.75, 3.05) is 24.5 Å². The molecule has 5 heteroatoms. The van der Waals surface area contributed by atoms with Crippen molar-refractivity contribution in [3.63, 3.8) is 0 Å². The molecule has 0 radical (unpaired) electrons. The van der Waals surface area contributed by atoms with Crippen molar-refractivity contribution >= 4 is 17.5 Å². The summed E-state index contributed by atoms with van der Waals surface area (Å²) < 4.78 is 0. The minimum absolute atomic E-state index is 0.0883. The number of hydrogen-bond donors (Lipinski definition) is 1. The molecule has 2 rings (SSSR count). The van der Waals surface area contributed by atoms with Gasteiger partial charge in [0.1, 0.15) is 0 Å². The highest BCUT2D eigenvalue weighted by molar-refractivity contribution is 5.92. The fraction of sp³-hybridized carbons (Fsp3) is 0.667. The van der Waals surface area contributed by atoms with Crippen LogP contribution >= 0.6 is 0 Å². The van der Waals surface area contributed by atoms with Crippen LogP contribution in [0.5, 0.6) is 0 Å². The van der Waals surface area contributed by atoms with E-state index in [9.17, 15) is 9.59 Å². The van der Waals surface area contributed by atoms with E-state index in [1.54, 1.807) is 6.92 Å². The van der Waals surface area contributed by atoms with Crippen LogP contribution in [0.1, 0.15) is 77.7 Å². The second-order valence-corrected chi connectivity index (χ2v) is 8.21. The highest BCUT2D eigenvalue weighted by atomic mass is 16.2. The SMILES string of the molecule is CCC(CC)NC(=O)CN1CCCCCCCCN(C(C)=O)c2ccccc2C1. The molecular weight excluding hydrogens is 362 g/mol. The van der Waals surface area contributed by atoms with E-state index in [1.165, 1.54) is 19.3 Å². The fourth-order valence-corrected chi connectivity index (χ4v) is 4.09. The molecule has 1 aromatic rings. The van der Waals surface area contributed by atoms with E-state index in [4.69, 9.17) is 0 Å². The van der Waals surface area contributed by atoms with Gasteiger partial charge in [-0.05, 0) is 43.9 Å². The molecule has 0 unspecified atom stereocenters. The minimum atomic E-state index is 0.0883. The summed E-state index contributed by atoms with van der Waals surface area (Å²) in [6, 6.07) is 8.41. The lowest BCUT2D eigenvalue weighted by Crippen LogP contribution is -2.42. The third kappa shape index (κ3) is 7.81. The van der Waals surface area contributed by atoms with Crippen molar-refractivity contribution in [1.82, 2.24) is 10.2 Å². The summed E-state index contributed by atoms with van der Waals surface area (Å²) in [7, 11) is 0. The third-order valence-corrected chi connectivity index (χ3v) is 5.88. The standard InChI is InChI=1S/C24H39N3O2/c1-4-22(5-2)25-24(29)19-26-16-12-8-6-7-9-13-17-27(20(3)28)23-15-11-10-14-21(23)18-26/h10-11,14-15,22H,4-9,12-13,16-19H2,1-3H3,(H,25,29). The molecule has 0 aliphatic carbocycles. The summed E-state index contributed by atoms with van der Waals surface area (Å²) in [4.78, 5) is 29.1. The maximum atomic E-state index is 12.6. The van der Waals surface area contributed by atoms with E-state index in [2.05, 4.69) is 30.1 Å². The van der Waals surface area contributed by atoms with Crippen LogP contribution in [0, 0.1) is 0 Å². The van der Waals surface area contributed by atoms with Gasteiger partial charge in [0.2, 0.25) is 11.8 Å². The summed E-state index contributed by atoms with van der Waals surface area (Å²) in [6.07, 6.45) is 8.85. The molecule has 29 heavy (non-hydrogen) atoms. The highest BCUT2D eigenvalue weighted by Crippen LogP contribution is 2.24.